The van der Waals surface area contributed by atoms with Crippen molar-refractivity contribution in [2.24, 2.45) is 0 Å². The number of amides is 1. The number of likely N-dealkylation sites (N-methyl/N-ethyl adjacent to an activating group) is 1. The number of likely N-dealkylation sites (tertiary alicyclic amines) is 1. The van der Waals surface area contributed by atoms with E-state index in [2.05, 4.69) is 32.4 Å². The first-order valence-corrected chi connectivity index (χ1v) is 11.0. The van der Waals surface area contributed by atoms with Crippen LogP contribution in [0.1, 0.15) is 27.5 Å². The SMILES string of the molecule is Cc1cc(-c2n[nH]c3ccc(C(=O)N[C@H]4CN(C)C[C@@H]4c4ccccc4Cl)cc23)ccn1. The molecule has 32 heavy (non-hydrogen) atoms. The second-order valence-corrected chi connectivity index (χ2v) is 8.85. The summed E-state index contributed by atoms with van der Waals surface area (Å²) in [6, 6.07) is 17.4. The molecule has 1 saturated heterocycles. The third kappa shape index (κ3) is 3.87. The summed E-state index contributed by atoms with van der Waals surface area (Å²) < 4.78 is 0. The minimum atomic E-state index is -0.0951. The highest BCUT2D eigenvalue weighted by Gasteiger charge is 2.34. The summed E-state index contributed by atoms with van der Waals surface area (Å²) in [5.74, 6) is 0.0490. The molecule has 4 aromatic rings. The first-order valence-electron chi connectivity index (χ1n) is 10.6. The fourth-order valence-corrected chi connectivity index (χ4v) is 4.83. The van der Waals surface area contributed by atoms with E-state index in [0.29, 0.717) is 5.56 Å². The highest BCUT2D eigenvalue weighted by molar-refractivity contribution is 6.31. The molecule has 1 aliphatic heterocycles. The molecule has 162 valence electrons. The predicted molar refractivity (Wildman–Crippen MR) is 127 cm³/mol. The third-order valence-electron chi connectivity index (χ3n) is 6.12. The molecule has 1 amide bonds. The van der Waals surface area contributed by atoms with E-state index in [-0.39, 0.29) is 17.9 Å². The Balaban J connectivity index is 1.43. The molecule has 2 N–H and O–H groups in total. The summed E-state index contributed by atoms with van der Waals surface area (Å²) in [6.07, 6.45) is 1.77. The van der Waals surface area contributed by atoms with Crippen LogP contribution in [0.4, 0.5) is 0 Å². The Kier molecular flexibility index (Phi) is 5.41. The highest BCUT2D eigenvalue weighted by Crippen LogP contribution is 2.32. The molecule has 0 saturated carbocycles. The van der Waals surface area contributed by atoms with Gasteiger partial charge in [0.1, 0.15) is 5.69 Å². The van der Waals surface area contributed by atoms with Gasteiger partial charge in [-0.2, -0.15) is 5.10 Å². The predicted octanol–water partition coefficient (Wildman–Crippen LogP) is 4.41. The van der Waals surface area contributed by atoms with Crippen LogP contribution in [0.5, 0.6) is 0 Å². The minimum Gasteiger partial charge on any atom is -0.347 e. The van der Waals surface area contributed by atoms with Crippen molar-refractivity contribution in [3.63, 3.8) is 0 Å². The smallest absolute Gasteiger partial charge is 0.251 e. The van der Waals surface area contributed by atoms with Crippen LogP contribution in [0.25, 0.3) is 22.2 Å². The number of pyridine rings is 1. The molecule has 0 bridgehead atoms. The highest BCUT2D eigenvalue weighted by atomic mass is 35.5. The van der Waals surface area contributed by atoms with Gasteiger partial charge in [0.2, 0.25) is 0 Å². The molecule has 1 aliphatic rings. The van der Waals surface area contributed by atoms with Crippen LogP contribution in [0.2, 0.25) is 5.02 Å². The van der Waals surface area contributed by atoms with Crippen molar-refractivity contribution in [3.8, 4) is 11.3 Å². The minimum absolute atomic E-state index is 0.0187. The molecule has 2 aromatic heterocycles. The fourth-order valence-electron chi connectivity index (χ4n) is 4.56. The van der Waals surface area contributed by atoms with Gasteiger partial charge in [-0.05, 0) is 55.9 Å². The summed E-state index contributed by atoms with van der Waals surface area (Å²) >= 11 is 6.46. The van der Waals surface area contributed by atoms with Crippen molar-refractivity contribution in [1.29, 1.82) is 0 Å². The van der Waals surface area contributed by atoms with Crippen LogP contribution < -0.4 is 5.32 Å². The second-order valence-electron chi connectivity index (χ2n) is 8.45. The van der Waals surface area contributed by atoms with Gasteiger partial charge in [0.15, 0.2) is 0 Å². The van der Waals surface area contributed by atoms with Crippen molar-refractivity contribution in [3.05, 3.63) is 82.6 Å². The van der Waals surface area contributed by atoms with E-state index >= 15 is 0 Å². The van der Waals surface area contributed by atoms with Crippen molar-refractivity contribution >= 4 is 28.4 Å². The maximum atomic E-state index is 13.2. The standard InChI is InChI=1S/C25H24ClN5O/c1-15-11-16(9-10-27-15)24-19-12-17(7-8-22(19)29-30-24)25(32)28-23-14-31(2)13-20(23)18-5-3-4-6-21(18)26/h3-12,20,23H,13-14H2,1-2H3,(H,28,32)(H,29,30)/t20-,23+/m1/s1. The summed E-state index contributed by atoms with van der Waals surface area (Å²) in [6.45, 7) is 3.57. The lowest BCUT2D eigenvalue weighted by Gasteiger charge is -2.21. The fraction of sp³-hybridized carbons (Fsp3) is 0.240. The van der Waals surface area contributed by atoms with Crippen molar-refractivity contribution < 1.29 is 4.79 Å². The lowest BCUT2D eigenvalue weighted by atomic mass is 9.94. The van der Waals surface area contributed by atoms with Crippen molar-refractivity contribution in [2.75, 3.05) is 20.1 Å². The number of aromatic nitrogens is 3. The molecular formula is C25H24ClN5O. The summed E-state index contributed by atoms with van der Waals surface area (Å²) in [5.41, 5.74) is 5.28. The monoisotopic (exact) mass is 445 g/mol. The van der Waals surface area contributed by atoms with Crippen LogP contribution in [0.15, 0.2) is 60.8 Å². The summed E-state index contributed by atoms with van der Waals surface area (Å²) in [4.78, 5) is 19.7. The largest absolute Gasteiger partial charge is 0.347 e. The molecule has 5 rings (SSSR count). The van der Waals surface area contributed by atoms with E-state index < -0.39 is 0 Å². The number of fused-ring (bicyclic) bond motifs is 1. The van der Waals surface area contributed by atoms with Crippen LogP contribution in [0, 0.1) is 6.92 Å². The van der Waals surface area contributed by atoms with E-state index in [1.165, 1.54) is 0 Å². The number of nitrogens with one attached hydrogen (secondary N) is 2. The zero-order valence-corrected chi connectivity index (χ0v) is 18.7. The lowest BCUT2D eigenvalue weighted by molar-refractivity contribution is 0.0936. The van der Waals surface area contributed by atoms with Crippen molar-refractivity contribution in [2.45, 2.75) is 18.9 Å². The number of halogens is 1. The van der Waals surface area contributed by atoms with Gasteiger partial charge in [-0.25, -0.2) is 0 Å². The van der Waals surface area contributed by atoms with E-state index in [9.17, 15) is 4.79 Å². The van der Waals surface area contributed by atoms with Crippen LogP contribution in [0.3, 0.4) is 0 Å². The molecular weight excluding hydrogens is 422 g/mol. The average Bonchev–Trinajstić information content (AvgIpc) is 3.36. The van der Waals surface area contributed by atoms with Crippen LogP contribution >= 0.6 is 11.6 Å². The molecule has 7 heteroatoms. The maximum absolute atomic E-state index is 13.2. The molecule has 0 aliphatic carbocycles. The Labute approximate surface area is 191 Å². The van der Waals surface area contributed by atoms with Gasteiger partial charge in [-0.3, -0.25) is 14.9 Å². The molecule has 0 unspecified atom stereocenters. The number of nitrogens with zero attached hydrogens (tertiary/aromatic N) is 3. The Hall–Kier alpha value is -3.22. The number of H-pyrrole nitrogens is 1. The van der Waals surface area contributed by atoms with Gasteiger partial charge in [-0.15, -0.1) is 0 Å². The topological polar surface area (TPSA) is 73.9 Å². The summed E-state index contributed by atoms with van der Waals surface area (Å²) in [7, 11) is 2.07. The van der Waals surface area contributed by atoms with Gasteiger partial charge >= 0.3 is 0 Å². The number of benzene rings is 2. The van der Waals surface area contributed by atoms with Crippen molar-refractivity contribution in [1.82, 2.24) is 25.4 Å². The quantitative estimate of drug-likeness (QED) is 0.488. The second kappa shape index (κ2) is 8.37. The van der Waals surface area contributed by atoms with E-state index in [0.717, 1.165) is 51.5 Å². The number of rotatable bonds is 4. The van der Waals surface area contributed by atoms with Gasteiger partial charge in [0.05, 0.1) is 5.52 Å². The molecule has 1 fully saturated rings. The number of carbonyl (C=O) groups is 1. The van der Waals surface area contributed by atoms with Gasteiger partial charge in [-0.1, -0.05) is 29.8 Å². The number of carbonyl (C=O) groups excluding carboxylic acids is 1. The lowest BCUT2D eigenvalue weighted by Crippen LogP contribution is -2.39. The van der Waals surface area contributed by atoms with Crippen LogP contribution in [-0.4, -0.2) is 52.2 Å². The van der Waals surface area contributed by atoms with E-state index in [1.54, 1.807) is 6.20 Å². The first-order chi connectivity index (χ1) is 15.5. The van der Waals surface area contributed by atoms with Gasteiger partial charge in [0, 0.05) is 58.5 Å². The molecule has 0 spiro atoms. The molecule has 0 radical (unpaired) electrons. The first kappa shape index (κ1) is 20.7. The Bertz CT molecular complexity index is 1300. The third-order valence-corrected chi connectivity index (χ3v) is 6.46. The van der Waals surface area contributed by atoms with Gasteiger partial charge in [0.25, 0.3) is 5.91 Å². The number of hydrogen-bond donors (Lipinski definition) is 2. The number of aromatic amines is 1. The Morgan fingerprint density at radius 2 is 2.00 bits per heavy atom. The zero-order valence-electron chi connectivity index (χ0n) is 18.0. The molecule has 2 aromatic carbocycles. The van der Waals surface area contributed by atoms with E-state index in [4.69, 9.17) is 11.6 Å². The number of hydrogen-bond acceptors (Lipinski definition) is 4. The van der Waals surface area contributed by atoms with Crippen LogP contribution in [-0.2, 0) is 0 Å². The summed E-state index contributed by atoms with van der Waals surface area (Å²) in [5, 5.41) is 12.4. The molecule has 6 nitrogen and oxygen atoms in total. The van der Waals surface area contributed by atoms with E-state index in [1.807, 2.05) is 61.5 Å². The number of aryl methyl sites for hydroxylation is 1. The average molecular weight is 446 g/mol. The van der Waals surface area contributed by atoms with Gasteiger partial charge < -0.3 is 10.2 Å². The molecule has 2 atom stereocenters. The normalized spacial score (nSPS) is 18.8. The Morgan fingerprint density at radius 3 is 2.81 bits per heavy atom. The Morgan fingerprint density at radius 1 is 1.16 bits per heavy atom. The maximum Gasteiger partial charge on any atom is 0.251 e. The zero-order chi connectivity index (χ0) is 22.2. The molecule has 3 heterocycles.